The van der Waals surface area contributed by atoms with Crippen LogP contribution in [-0.4, -0.2) is 41.8 Å². The maximum Gasteiger partial charge on any atom is 0.407 e. The van der Waals surface area contributed by atoms with Gasteiger partial charge < -0.3 is 10.1 Å². The van der Waals surface area contributed by atoms with Gasteiger partial charge >= 0.3 is 6.09 Å². The normalized spacial score (nSPS) is 26.4. The van der Waals surface area contributed by atoms with E-state index in [1.807, 2.05) is 20.8 Å². The highest BCUT2D eigenvalue weighted by Crippen LogP contribution is 2.26. The lowest BCUT2D eigenvalue weighted by molar-refractivity contribution is 0.0456. The molecule has 0 aromatic heterocycles. The average Bonchev–Trinajstić information content (AvgIpc) is 2.79. The molecule has 0 aromatic rings. The topological polar surface area (TPSA) is 41.6 Å². The summed E-state index contributed by atoms with van der Waals surface area (Å²) in [7, 11) is 0. The quantitative estimate of drug-likeness (QED) is 0.837. The smallest absolute Gasteiger partial charge is 0.407 e. The van der Waals surface area contributed by atoms with E-state index in [4.69, 9.17) is 4.74 Å². The third kappa shape index (κ3) is 4.68. The van der Waals surface area contributed by atoms with E-state index in [2.05, 4.69) is 10.2 Å². The first-order chi connectivity index (χ1) is 8.94. The van der Waals surface area contributed by atoms with Crippen LogP contribution in [-0.2, 0) is 4.74 Å². The number of piperidine rings is 1. The number of carbonyl (C=O) groups is 1. The van der Waals surface area contributed by atoms with Crippen LogP contribution in [0.15, 0.2) is 0 Å². The van der Waals surface area contributed by atoms with Crippen LogP contribution in [0, 0.1) is 0 Å². The van der Waals surface area contributed by atoms with E-state index in [9.17, 15) is 4.79 Å². The molecule has 1 heterocycles. The van der Waals surface area contributed by atoms with Crippen LogP contribution in [0.5, 0.6) is 0 Å². The molecule has 1 aliphatic heterocycles. The van der Waals surface area contributed by atoms with E-state index >= 15 is 0 Å². The van der Waals surface area contributed by atoms with Gasteiger partial charge in [0.25, 0.3) is 0 Å². The maximum atomic E-state index is 11.8. The Morgan fingerprint density at radius 1 is 1.16 bits per heavy atom. The van der Waals surface area contributed by atoms with Crippen molar-refractivity contribution in [3.05, 3.63) is 0 Å². The third-order valence-corrected chi connectivity index (χ3v) is 4.01. The second-order valence-corrected chi connectivity index (χ2v) is 6.92. The van der Waals surface area contributed by atoms with Gasteiger partial charge in [-0.25, -0.2) is 4.79 Å². The standard InChI is InChI=1S/C15H28N2O2/c1-15(2,3)19-14(18)16-12-7-6-10-17(11-12)13-8-4-5-9-13/h12-13H,4-11H2,1-3H3,(H,16,18). The molecule has 0 spiro atoms. The van der Waals surface area contributed by atoms with Gasteiger partial charge in [0.1, 0.15) is 5.60 Å². The van der Waals surface area contributed by atoms with Gasteiger partial charge in [-0.05, 0) is 53.0 Å². The van der Waals surface area contributed by atoms with Crippen molar-refractivity contribution in [2.24, 2.45) is 0 Å². The molecule has 4 nitrogen and oxygen atoms in total. The highest BCUT2D eigenvalue weighted by molar-refractivity contribution is 5.68. The molecule has 4 heteroatoms. The van der Waals surface area contributed by atoms with Crippen molar-refractivity contribution in [2.45, 2.75) is 77.0 Å². The van der Waals surface area contributed by atoms with Crippen molar-refractivity contribution < 1.29 is 9.53 Å². The molecule has 1 atom stereocenters. The van der Waals surface area contributed by atoms with E-state index in [1.165, 1.54) is 38.6 Å². The van der Waals surface area contributed by atoms with Crippen LogP contribution in [0.2, 0.25) is 0 Å². The zero-order chi connectivity index (χ0) is 13.9. The highest BCUT2D eigenvalue weighted by Gasteiger charge is 2.29. The predicted molar refractivity (Wildman–Crippen MR) is 76.2 cm³/mol. The molecule has 1 unspecified atom stereocenters. The van der Waals surface area contributed by atoms with E-state index in [-0.39, 0.29) is 12.1 Å². The summed E-state index contributed by atoms with van der Waals surface area (Å²) >= 11 is 0. The lowest BCUT2D eigenvalue weighted by Gasteiger charge is -2.37. The first kappa shape index (κ1) is 14.6. The Hall–Kier alpha value is -0.770. The molecular formula is C15H28N2O2. The number of carbonyl (C=O) groups excluding carboxylic acids is 1. The van der Waals surface area contributed by atoms with Gasteiger partial charge in [-0.1, -0.05) is 12.8 Å². The minimum Gasteiger partial charge on any atom is -0.444 e. The number of likely N-dealkylation sites (tertiary alicyclic amines) is 1. The molecule has 2 aliphatic rings. The first-order valence-corrected chi connectivity index (χ1v) is 7.67. The molecule has 1 saturated carbocycles. The van der Waals surface area contributed by atoms with Gasteiger partial charge in [-0.2, -0.15) is 0 Å². The van der Waals surface area contributed by atoms with Crippen molar-refractivity contribution in [1.82, 2.24) is 10.2 Å². The first-order valence-electron chi connectivity index (χ1n) is 7.67. The Kier molecular flexibility index (Phi) is 4.71. The Labute approximate surface area is 116 Å². The number of nitrogens with one attached hydrogen (secondary N) is 1. The number of rotatable bonds is 2. The zero-order valence-corrected chi connectivity index (χ0v) is 12.6. The van der Waals surface area contributed by atoms with Crippen molar-refractivity contribution in [3.63, 3.8) is 0 Å². The van der Waals surface area contributed by atoms with Crippen molar-refractivity contribution in [2.75, 3.05) is 13.1 Å². The Morgan fingerprint density at radius 2 is 1.84 bits per heavy atom. The average molecular weight is 268 g/mol. The Balaban J connectivity index is 1.79. The second-order valence-electron chi connectivity index (χ2n) is 6.92. The molecule has 0 aromatic carbocycles. The Bertz CT molecular complexity index is 306. The highest BCUT2D eigenvalue weighted by atomic mass is 16.6. The van der Waals surface area contributed by atoms with Crippen LogP contribution < -0.4 is 5.32 Å². The monoisotopic (exact) mass is 268 g/mol. The number of nitrogens with zero attached hydrogens (tertiary/aromatic N) is 1. The molecule has 0 bridgehead atoms. The summed E-state index contributed by atoms with van der Waals surface area (Å²) in [5.74, 6) is 0. The number of hydrogen-bond donors (Lipinski definition) is 1. The van der Waals surface area contributed by atoms with Gasteiger partial charge in [-0.15, -0.1) is 0 Å². The Morgan fingerprint density at radius 3 is 2.47 bits per heavy atom. The van der Waals surface area contributed by atoms with Crippen LogP contribution in [0.25, 0.3) is 0 Å². The predicted octanol–water partition coefficient (Wildman–Crippen LogP) is 2.92. The van der Waals surface area contributed by atoms with E-state index < -0.39 is 5.60 Å². The number of ether oxygens (including phenoxy) is 1. The van der Waals surface area contributed by atoms with Gasteiger partial charge in [0.15, 0.2) is 0 Å². The molecule has 2 rings (SSSR count). The number of alkyl carbamates (subject to hydrolysis) is 1. The fraction of sp³-hybridized carbons (Fsp3) is 0.933. The lowest BCUT2D eigenvalue weighted by Crippen LogP contribution is -2.51. The summed E-state index contributed by atoms with van der Waals surface area (Å²) in [5.41, 5.74) is -0.413. The van der Waals surface area contributed by atoms with Crippen molar-refractivity contribution >= 4 is 6.09 Å². The second kappa shape index (κ2) is 6.12. The van der Waals surface area contributed by atoms with Crippen LogP contribution in [0.4, 0.5) is 4.79 Å². The van der Waals surface area contributed by atoms with E-state index in [0.717, 1.165) is 19.0 Å². The molecule has 1 aliphatic carbocycles. The molecule has 1 saturated heterocycles. The fourth-order valence-electron chi connectivity index (χ4n) is 3.20. The summed E-state index contributed by atoms with van der Waals surface area (Å²) in [6.07, 6.45) is 7.37. The zero-order valence-electron chi connectivity index (χ0n) is 12.6. The minimum absolute atomic E-state index is 0.254. The van der Waals surface area contributed by atoms with Gasteiger partial charge in [0.2, 0.25) is 0 Å². The van der Waals surface area contributed by atoms with Crippen molar-refractivity contribution in [1.29, 1.82) is 0 Å². The largest absolute Gasteiger partial charge is 0.444 e. The molecule has 110 valence electrons. The van der Waals surface area contributed by atoms with E-state index in [1.54, 1.807) is 0 Å². The lowest BCUT2D eigenvalue weighted by atomic mass is 10.0. The number of hydrogen-bond acceptors (Lipinski definition) is 3. The summed E-state index contributed by atoms with van der Waals surface area (Å²) in [4.78, 5) is 14.4. The summed E-state index contributed by atoms with van der Waals surface area (Å²) in [6, 6.07) is 1.01. The van der Waals surface area contributed by atoms with Gasteiger partial charge in [0, 0.05) is 18.6 Å². The molecule has 19 heavy (non-hydrogen) atoms. The third-order valence-electron chi connectivity index (χ3n) is 4.01. The van der Waals surface area contributed by atoms with Crippen LogP contribution >= 0.6 is 0 Å². The van der Waals surface area contributed by atoms with Gasteiger partial charge in [0.05, 0.1) is 0 Å². The molecule has 0 radical (unpaired) electrons. The van der Waals surface area contributed by atoms with Crippen molar-refractivity contribution in [3.8, 4) is 0 Å². The summed E-state index contributed by atoms with van der Waals surface area (Å²) < 4.78 is 5.33. The van der Waals surface area contributed by atoms with Gasteiger partial charge in [-0.3, -0.25) is 4.90 Å². The molecule has 1 N–H and O–H groups in total. The summed E-state index contributed by atoms with van der Waals surface area (Å²) in [5, 5.41) is 3.03. The maximum absolute atomic E-state index is 11.8. The summed E-state index contributed by atoms with van der Waals surface area (Å²) in [6.45, 7) is 7.88. The van der Waals surface area contributed by atoms with E-state index in [0.29, 0.717) is 0 Å². The molecule has 1 amide bonds. The SMILES string of the molecule is CC(C)(C)OC(=O)NC1CCCN(C2CCCC2)C1. The number of amides is 1. The minimum atomic E-state index is -0.413. The van der Waals surface area contributed by atoms with Crippen LogP contribution in [0.3, 0.4) is 0 Å². The molecule has 2 fully saturated rings. The molecular weight excluding hydrogens is 240 g/mol. The fourth-order valence-corrected chi connectivity index (χ4v) is 3.20. The van der Waals surface area contributed by atoms with Crippen LogP contribution in [0.1, 0.15) is 59.3 Å².